The van der Waals surface area contributed by atoms with Crippen molar-refractivity contribution in [2.24, 2.45) is 5.92 Å². The Bertz CT molecular complexity index is 462. The molecule has 0 saturated carbocycles. The van der Waals surface area contributed by atoms with Gasteiger partial charge in [0, 0.05) is 10.8 Å². The van der Waals surface area contributed by atoms with Gasteiger partial charge in [-0.3, -0.25) is 4.79 Å². The normalized spacial score (nSPS) is 10.8. The van der Waals surface area contributed by atoms with Crippen molar-refractivity contribution in [1.82, 2.24) is 0 Å². The molecule has 0 bridgehead atoms. The van der Waals surface area contributed by atoms with Crippen LogP contribution in [0.3, 0.4) is 0 Å². The van der Waals surface area contributed by atoms with Gasteiger partial charge in [-0.2, -0.15) is 0 Å². The summed E-state index contributed by atoms with van der Waals surface area (Å²) < 4.78 is 0. The minimum Gasteiger partial charge on any atom is -0.478 e. The molecule has 1 heterocycles. The highest BCUT2D eigenvalue weighted by Crippen LogP contribution is 2.29. The molecular weight excluding hydrogens is 274 g/mol. The molecule has 4 nitrogen and oxygen atoms in total. The van der Waals surface area contributed by atoms with Crippen molar-refractivity contribution in [2.45, 2.75) is 52.9 Å². The van der Waals surface area contributed by atoms with Gasteiger partial charge >= 0.3 is 5.97 Å². The molecule has 1 aromatic rings. The first kappa shape index (κ1) is 16.7. The van der Waals surface area contributed by atoms with E-state index in [1.807, 2.05) is 6.92 Å². The molecule has 0 radical (unpaired) electrons. The maximum atomic E-state index is 12.3. The molecule has 5 heteroatoms. The highest BCUT2D eigenvalue weighted by Gasteiger charge is 2.21. The van der Waals surface area contributed by atoms with E-state index >= 15 is 0 Å². The summed E-state index contributed by atoms with van der Waals surface area (Å²) in [6.07, 6.45) is 4.36. The number of amides is 1. The zero-order valence-corrected chi connectivity index (χ0v) is 13.2. The van der Waals surface area contributed by atoms with Crippen molar-refractivity contribution in [3.8, 4) is 0 Å². The largest absolute Gasteiger partial charge is 0.478 e. The summed E-state index contributed by atoms with van der Waals surface area (Å²) in [4.78, 5) is 24.4. The molecule has 0 aliphatic heterocycles. The van der Waals surface area contributed by atoms with Crippen molar-refractivity contribution >= 4 is 28.2 Å². The van der Waals surface area contributed by atoms with Gasteiger partial charge in [0.05, 0.1) is 5.56 Å². The SMILES string of the molecule is CCCC(CCC)C(=O)Nc1sc(CC)cc1C(=O)O. The lowest BCUT2D eigenvalue weighted by molar-refractivity contribution is -0.120. The first-order valence-corrected chi connectivity index (χ1v) is 8.01. The third kappa shape index (κ3) is 4.34. The van der Waals surface area contributed by atoms with Crippen LogP contribution >= 0.6 is 11.3 Å². The van der Waals surface area contributed by atoms with Crippen LogP contribution in [-0.2, 0) is 11.2 Å². The average molecular weight is 297 g/mol. The molecule has 20 heavy (non-hydrogen) atoms. The molecular formula is C15H23NO3S. The second-order valence-electron chi connectivity index (χ2n) is 4.88. The van der Waals surface area contributed by atoms with Crippen LogP contribution in [0, 0.1) is 5.92 Å². The number of aromatic carboxylic acids is 1. The van der Waals surface area contributed by atoms with Gasteiger partial charge in [-0.15, -0.1) is 11.3 Å². The van der Waals surface area contributed by atoms with Gasteiger partial charge in [0.15, 0.2) is 0 Å². The molecule has 0 aliphatic rings. The second-order valence-corrected chi connectivity index (χ2v) is 6.01. The van der Waals surface area contributed by atoms with Crippen LogP contribution in [0.5, 0.6) is 0 Å². The summed E-state index contributed by atoms with van der Waals surface area (Å²) >= 11 is 1.36. The lowest BCUT2D eigenvalue weighted by Gasteiger charge is -2.14. The fraction of sp³-hybridized carbons (Fsp3) is 0.600. The molecule has 0 spiro atoms. The van der Waals surface area contributed by atoms with Crippen LogP contribution < -0.4 is 5.32 Å². The molecule has 1 rings (SSSR count). The van der Waals surface area contributed by atoms with Gasteiger partial charge in [0.1, 0.15) is 5.00 Å². The predicted octanol–water partition coefficient (Wildman–Crippen LogP) is 4.16. The molecule has 0 aromatic carbocycles. The Labute approximate surface area is 124 Å². The van der Waals surface area contributed by atoms with Gasteiger partial charge in [0.25, 0.3) is 0 Å². The van der Waals surface area contributed by atoms with Crippen molar-refractivity contribution in [3.63, 3.8) is 0 Å². The first-order chi connectivity index (χ1) is 9.53. The average Bonchev–Trinajstić information content (AvgIpc) is 2.81. The lowest BCUT2D eigenvalue weighted by Crippen LogP contribution is -2.23. The standard InChI is InChI=1S/C15H23NO3S/c1-4-7-10(8-5-2)13(17)16-14-12(15(18)19)9-11(6-3)20-14/h9-10H,4-8H2,1-3H3,(H,16,17)(H,18,19). The number of carbonyl (C=O) groups is 2. The molecule has 0 saturated heterocycles. The van der Waals surface area contributed by atoms with E-state index in [4.69, 9.17) is 0 Å². The van der Waals surface area contributed by atoms with Crippen LogP contribution in [0.2, 0.25) is 0 Å². The maximum Gasteiger partial charge on any atom is 0.338 e. The fourth-order valence-corrected chi connectivity index (χ4v) is 3.18. The Kier molecular flexibility index (Phi) is 6.71. The molecule has 0 aliphatic carbocycles. The molecule has 0 fully saturated rings. The van der Waals surface area contributed by atoms with Crippen LogP contribution in [0.25, 0.3) is 0 Å². The maximum absolute atomic E-state index is 12.3. The molecule has 1 amide bonds. The van der Waals surface area contributed by atoms with E-state index in [9.17, 15) is 14.7 Å². The zero-order chi connectivity index (χ0) is 15.1. The quantitative estimate of drug-likeness (QED) is 0.757. The third-order valence-corrected chi connectivity index (χ3v) is 4.44. The summed E-state index contributed by atoms with van der Waals surface area (Å²) in [7, 11) is 0. The molecule has 0 atom stereocenters. The Morgan fingerprint density at radius 1 is 1.25 bits per heavy atom. The van der Waals surface area contributed by atoms with Crippen LogP contribution in [0.1, 0.15) is 61.7 Å². The van der Waals surface area contributed by atoms with Crippen molar-refractivity contribution in [3.05, 3.63) is 16.5 Å². The minimum absolute atomic E-state index is 0.0289. The number of hydrogen-bond donors (Lipinski definition) is 2. The van der Waals surface area contributed by atoms with Crippen molar-refractivity contribution in [2.75, 3.05) is 5.32 Å². The number of nitrogens with one attached hydrogen (secondary N) is 1. The van der Waals surface area contributed by atoms with Crippen molar-refractivity contribution in [1.29, 1.82) is 0 Å². The zero-order valence-electron chi connectivity index (χ0n) is 12.4. The topological polar surface area (TPSA) is 66.4 Å². The van der Waals surface area contributed by atoms with E-state index < -0.39 is 5.97 Å². The van der Waals surface area contributed by atoms with Gasteiger partial charge in [-0.1, -0.05) is 33.6 Å². The van der Waals surface area contributed by atoms with Crippen LogP contribution in [0.4, 0.5) is 5.00 Å². The first-order valence-electron chi connectivity index (χ1n) is 7.20. The van der Waals surface area contributed by atoms with E-state index in [1.165, 1.54) is 11.3 Å². The second kappa shape index (κ2) is 8.04. The van der Waals surface area contributed by atoms with E-state index in [2.05, 4.69) is 19.2 Å². The van der Waals surface area contributed by atoms with E-state index in [-0.39, 0.29) is 17.4 Å². The number of hydrogen-bond acceptors (Lipinski definition) is 3. The van der Waals surface area contributed by atoms with E-state index in [0.717, 1.165) is 37.0 Å². The van der Waals surface area contributed by atoms with E-state index in [1.54, 1.807) is 6.07 Å². The summed E-state index contributed by atoms with van der Waals surface area (Å²) in [5.41, 5.74) is 0.201. The number of carboxylic acid groups (broad SMARTS) is 1. The summed E-state index contributed by atoms with van der Waals surface area (Å²) in [5.74, 6) is -1.07. The molecule has 1 aromatic heterocycles. The fourth-order valence-electron chi connectivity index (χ4n) is 2.19. The summed E-state index contributed by atoms with van der Waals surface area (Å²) in [6, 6.07) is 1.65. The Hall–Kier alpha value is -1.36. The lowest BCUT2D eigenvalue weighted by atomic mass is 9.97. The van der Waals surface area contributed by atoms with Crippen molar-refractivity contribution < 1.29 is 14.7 Å². The molecule has 2 N–H and O–H groups in total. The van der Waals surface area contributed by atoms with Gasteiger partial charge in [-0.05, 0) is 25.3 Å². The Balaban J connectivity index is 2.87. The smallest absolute Gasteiger partial charge is 0.338 e. The Morgan fingerprint density at radius 2 is 1.85 bits per heavy atom. The number of thiophene rings is 1. The number of rotatable bonds is 8. The number of carboxylic acids is 1. The monoisotopic (exact) mass is 297 g/mol. The minimum atomic E-state index is -0.987. The molecule has 112 valence electrons. The number of aryl methyl sites for hydroxylation is 1. The van der Waals surface area contributed by atoms with E-state index in [0.29, 0.717) is 5.00 Å². The van der Waals surface area contributed by atoms with Crippen LogP contribution in [-0.4, -0.2) is 17.0 Å². The molecule has 0 unspecified atom stereocenters. The van der Waals surface area contributed by atoms with Gasteiger partial charge < -0.3 is 10.4 Å². The Morgan fingerprint density at radius 3 is 2.30 bits per heavy atom. The third-order valence-electron chi connectivity index (χ3n) is 3.24. The number of carbonyl (C=O) groups excluding carboxylic acids is 1. The number of anilines is 1. The highest BCUT2D eigenvalue weighted by atomic mass is 32.1. The predicted molar refractivity (Wildman–Crippen MR) is 82.6 cm³/mol. The van der Waals surface area contributed by atoms with Gasteiger partial charge in [0.2, 0.25) is 5.91 Å². The van der Waals surface area contributed by atoms with Crippen LogP contribution in [0.15, 0.2) is 6.07 Å². The highest BCUT2D eigenvalue weighted by molar-refractivity contribution is 7.16. The van der Waals surface area contributed by atoms with Gasteiger partial charge in [-0.25, -0.2) is 4.79 Å². The summed E-state index contributed by atoms with van der Waals surface area (Å²) in [5, 5.41) is 12.5. The summed E-state index contributed by atoms with van der Waals surface area (Å²) in [6.45, 7) is 6.08.